The molecule has 0 fully saturated rings. The molecule has 1 atom stereocenters. The number of ether oxygens (including phenoxy) is 2. The van der Waals surface area contributed by atoms with Gasteiger partial charge in [0.15, 0.2) is 0 Å². The molecule has 0 radical (unpaired) electrons. The Hall–Kier alpha value is -2.04. The van der Waals surface area contributed by atoms with Gasteiger partial charge in [0.2, 0.25) is 0 Å². The molecule has 27 heavy (non-hydrogen) atoms. The molecule has 1 unspecified atom stereocenters. The van der Waals surface area contributed by atoms with Crippen LogP contribution in [-0.4, -0.2) is 30.2 Å². The molecule has 5 nitrogen and oxygen atoms in total. The van der Waals surface area contributed by atoms with E-state index >= 15 is 0 Å². The number of para-hydroxylation sites is 1. The van der Waals surface area contributed by atoms with Crippen LogP contribution >= 0.6 is 0 Å². The second kappa shape index (κ2) is 11.6. The average Bonchev–Trinajstić information content (AvgIpc) is 2.59. The highest BCUT2D eigenvalue weighted by Gasteiger charge is 2.22. The van der Waals surface area contributed by atoms with Crippen LogP contribution in [0.3, 0.4) is 0 Å². The predicted molar refractivity (Wildman–Crippen MR) is 109 cm³/mol. The van der Waals surface area contributed by atoms with E-state index in [4.69, 9.17) is 9.47 Å². The fourth-order valence-electron chi connectivity index (χ4n) is 2.59. The van der Waals surface area contributed by atoms with E-state index in [1.54, 1.807) is 25.1 Å². The largest absolute Gasteiger partial charge is 0.464 e. The lowest BCUT2D eigenvalue weighted by Gasteiger charge is -2.21. The van der Waals surface area contributed by atoms with E-state index in [0.717, 1.165) is 12.8 Å². The SMILES string of the molecule is CCCCCCCCOC(=O)C(C)Nc1ccccc1C(=O)OC(C)(C)C. The summed E-state index contributed by atoms with van der Waals surface area (Å²) in [5, 5.41) is 3.07. The fraction of sp³-hybridized carbons (Fsp3) is 0.636. The van der Waals surface area contributed by atoms with Gasteiger partial charge >= 0.3 is 11.9 Å². The quantitative estimate of drug-likeness (QED) is 0.416. The number of esters is 2. The first-order valence-corrected chi connectivity index (χ1v) is 10.00. The summed E-state index contributed by atoms with van der Waals surface area (Å²) >= 11 is 0. The lowest BCUT2D eigenvalue weighted by atomic mass is 10.1. The Morgan fingerprint density at radius 3 is 2.33 bits per heavy atom. The van der Waals surface area contributed by atoms with E-state index in [0.29, 0.717) is 17.9 Å². The number of rotatable bonds is 11. The lowest BCUT2D eigenvalue weighted by Crippen LogP contribution is -2.30. The molecule has 0 heterocycles. The topological polar surface area (TPSA) is 64.6 Å². The van der Waals surface area contributed by atoms with E-state index < -0.39 is 17.6 Å². The summed E-state index contributed by atoms with van der Waals surface area (Å²) in [7, 11) is 0. The van der Waals surface area contributed by atoms with Gasteiger partial charge in [-0.25, -0.2) is 9.59 Å². The van der Waals surface area contributed by atoms with Crippen LogP contribution in [-0.2, 0) is 14.3 Å². The molecule has 1 N–H and O–H groups in total. The zero-order valence-corrected chi connectivity index (χ0v) is 17.5. The van der Waals surface area contributed by atoms with Gasteiger partial charge in [-0.2, -0.15) is 0 Å². The Balaban J connectivity index is 2.50. The molecule has 0 aliphatic rings. The standard InChI is InChI=1S/C22H35NO4/c1-6-7-8-9-10-13-16-26-20(24)17(2)23-19-15-12-11-14-18(19)21(25)27-22(3,4)5/h11-12,14-15,17,23H,6-10,13,16H2,1-5H3. The molecule has 1 aromatic carbocycles. The van der Waals surface area contributed by atoms with Crippen LogP contribution in [0.25, 0.3) is 0 Å². The smallest absolute Gasteiger partial charge is 0.340 e. The number of carbonyl (C=O) groups is 2. The summed E-state index contributed by atoms with van der Waals surface area (Å²) in [4.78, 5) is 24.6. The maximum atomic E-state index is 12.4. The monoisotopic (exact) mass is 377 g/mol. The molecule has 0 saturated carbocycles. The van der Waals surface area contributed by atoms with Crippen LogP contribution in [0.2, 0.25) is 0 Å². The minimum absolute atomic E-state index is 0.317. The number of hydrogen-bond donors (Lipinski definition) is 1. The highest BCUT2D eigenvalue weighted by Crippen LogP contribution is 2.20. The molecule has 1 aromatic rings. The Morgan fingerprint density at radius 2 is 1.67 bits per heavy atom. The minimum atomic E-state index is -0.578. The van der Waals surface area contributed by atoms with Gasteiger partial charge in [0, 0.05) is 5.69 Å². The lowest BCUT2D eigenvalue weighted by molar-refractivity contribution is -0.144. The van der Waals surface area contributed by atoms with Crippen molar-refractivity contribution in [1.82, 2.24) is 0 Å². The minimum Gasteiger partial charge on any atom is -0.464 e. The van der Waals surface area contributed by atoms with Crippen molar-refractivity contribution in [2.45, 2.75) is 84.8 Å². The van der Waals surface area contributed by atoms with Crippen LogP contribution in [0.15, 0.2) is 24.3 Å². The van der Waals surface area contributed by atoms with Gasteiger partial charge < -0.3 is 14.8 Å². The maximum absolute atomic E-state index is 12.4. The number of unbranched alkanes of at least 4 members (excludes halogenated alkanes) is 5. The van der Waals surface area contributed by atoms with E-state index in [9.17, 15) is 9.59 Å². The number of carbonyl (C=O) groups excluding carboxylic acids is 2. The number of hydrogen-bond acceptors (Lipinski definition) is 5. The highest BCUT2D eigenvalue weighted by atomic mass is 16.6. The predicted octanol–water partition coefficient (Wildman–Crippen LogP) is 5.35. The van der Waals surface area contributed by atoms with Crippen molar-refractivity contribution in [2.75, 3.05) is 11.9 Å². The molecule has 1 rings (SSSR count). The Bertz CT molecular complexity index is 592. The van der Waals surface area contributed by atoms with Crippen LogP contribution in [0.4, 0.5) is 5.69 Å². The van der Waals surface area contributed by atoms with Gasteiger partial charge in [-0.15, -0.1) is 0 Å². The van der Waals surface area contributed by atoms with E-state index in [1.807, 2.05) is 26.8 Å². The van der Waals surface area contributed by atoms with Crippen molar-refractivity contribution in [1.29, 1.82) is 0 Å². The third-order valence-corrected chi connectivity index (χ3v) is 4.01. The van der Waals surface area contributed by atoms with Crippen molar-refractivity contribution in [3.63, 3.8) is 0 Å². The summed E-state index contributed by atoms with van der Waals surface area (Å²) in [5.41, 5.74) is 0.394. The van der Waals surface area contributed by atoms with Gasteiger partial charge in [-0.05, 0) is 46.2 Å². The van der Waals surface area contributed by atoms with E-state index in [1.165, 1.54) is 25.7 Å². The molecule has 5 heteroatoms. The van der Waals surface area contributed by atoms with Crippen LogP contribution in [0.5, 0.6) is 0 Å². The molecule has 0 aliphatic carbocycles. The zero-order valence-electron chi connectivity index (χ0n) is 17.5. The molecule has 0 saturated heterocycles. The Kier molecular flexibility index (Phi) is 9.90. The normalized spacial score (nSPS) is 12.3. The molecule has 0 spiro atoms. The summed E-state index contributed by atoms with van der Waals surface area (Å²) in [6, 6.07) is 6.48. The number of anilines is 1. The number of benzene rings is 1. The van der Waals surface area contributed by atoms with Gasteiger partial charge in [-0.3, -0.25) is 0 Å². The fourth-order valence-corrected chi connectivity index (χ4v) is 2.59. The average molecular weight is 378 g/mol. The van der Waals surface area contributed by atoms with Gasteiger partial charge in [0.25, 0.3) is 0 Å². The second-order valence-electron chi connectivity index (χ2n) is 7.85. The molecular weight excluding hydrogens is 342 g/mol. The van der Waals surface area contributed by atoms with Crippen LogP contribution in [0, 0.1) is 0 Å². The first kappa shape index (κ1) is 23.0. The first-order chi connectivity index (χ1) is 12.7. The summed E-state index contributed by atoms with van der Waals surface area (Å²) < 4.78 is 10.8. The van der Waals surface area contributed by atoms with Gasteiger partial charge in [0.05, 0.1) is 12.2 Å². The molecular formula is C22H35NO4. The maximum Gasteiger partial charge on any atom is 0.340 e. The number of nitrogens with one attached hydrogen (secondary N) is 1. The van der Waals surface area contributed by atoms with E-state index in [2.05, 4.69) is 12.2 Å². The van der Waals surface area contributed by atoms with Gasteiger partial charge in [-0.1, -0.05) is 51.2 Å². The third-order valence-electron chi connectivity index (χ3n) is 4.01. The Morgan fingerprint density at radius 1 is 1.04 bits per heavy atom. The zero-order chi connectivity index (χ0) is 20.3. The molecule has 0 bridgehead atoms. The molecule has 152 valence electrons. The third kappa shape index (κ3) is 9.45. The van der Waals surface area contributed by atoms with Crippen LogP contribution < -0.4 is 5.32 Å². The highest BCUT2D eigenvalue weighted by molar-refractivity contribution is 5.96. The van der Waals surface area contributed by atoms with E-state index in [-0.39, 0.29) is 5.97 Å². The van der Waals surface area contributed by atoms with Crippen molar-refractivity contribution < 1.29 is 19.1 Å². The van der Waals surface area contributed by atoms with Crippen molar-refractivity contribution in [2.24, 2.45) is 0 Å². The summed E-state index contributed by atoms with van der Waals surface area (Å²) in [6.07, 6.45) is 6.88. The van der Waals surface area contributed by atoms with Crippen molar-refractivity contribution in [3.05, 3.63) is 29.8 Å². The summed E-state index contributed by atoms with van der Waals surface area (Å²) in [6.45, 7) is 9.83. The van der Waals surface area contributed by atoms with Crippen molar-refractivity contribution in [3.8, 4) is 0 Å². The molecule has 0 amide bonds. The Labute approximate surface area is 163 Å². The first-order valence-electron chi connectivity index (χ1n) is 10.00. The van der Waals surface area contributed by atoms with Crippen LogP contribution in [0.1, 0.15) is 83.5 Å². The molecule has 0 aromatic heterocycles. The van der Waals surface area contributed by atoms with Crippen molar-refractivity contribution >= 4 is 17.6 Å². The molecule has 0 aliphatic heterocycles. The summed E-state index contributed by atoms with van der Waals surface area (Å²) in [5.74, 6) is -0.735. The second-order valence-corrected chi connectivity index (χ2v) is 7.85. The van der Waals surface area contributed by atoms with Gasteiger partial charge in [0.1, 0.15) is 11.6 Å².